The van der Waals surface area contributed by atoms with Crippen LogP contribution in [0.2, 0.25) is 0 Å². The average Bonchev–Trinajstić information content (AvgIpc) is 2.73. The summed E-state index contributed by atoms with van der Waals surface area (Å²) < 4.78 is 0. The molecule has 152 valence electrons. The van der Waals surface area contributed by atoms with Gasteiger partial charge in [0.2, 0.25) is 0 Å². The molecule has 26 heavy (non-hydrogen) atoms. The van der Waals surface area contributed by atoms with E-state index in [0.29, 0.717) is 0 Å². The molecular formula is C26H48. The normalized spacial score (nSPS) is 27.9. The molecule has 3 saturated carbocycles. The molecule has 3 aliphatic rings. The van der Waals surface area contributed by atoms with E-state index in [2.05, 4.69) is 13.8 Å². The van der Waals surface area contributed by atoms with Crippen molar-refractivity contribution in [3.8, 4) is 0 Å². The lowest BCUT2D eigenvalue weighted by Gasteiger charge is -2.39. The van der Waals surface area contributed by atoms with Crippen LogP contribution in [-0.2, 0) is 0 Å². The van der Waals surface area contributed by atoms with Crippen molar-refractivity contribution in [3.63, 3.8) is 0 Å². The minimum Gasteiger partial charge on any atom is -0.0651 e. The van der Waals surface area contributed by atoms with E-state index < -0.39 is 0 Å². The van der Waals surface area contributed by atoms with Crippen LogP contribution in [0, 0.1) is 35.5 Å². The van der Waals surface area contributed by atoms with Crippen molar-refractivity contribution in [2.45, 2.75) is 129 Å². The van der Waals surface area contributed by atoms with Crippen molar-refractivity contribution >= 4 is 0 Å². The van der Waals surface area contributed by atoms with Gasteiger partial charge in [-0.3, -0.25) is 0 Å². The predicted molar refractivity (Wildman–Crippen MR) is 115 cm³/mol. The first-order valence-corrected chi connectivity index (χ1v) is 12.8. The fourth-order valence-electron chi connectivity index (χ4n) is 7.15. The molecule has 3 rings (SSSR count). The number of rotatable bonds is 8. The number of hydrogen-bond donors (Lipinski definition) is 0. The molecule has 3 unspecified atom stereocenters. The molecule has 3 fully saturated rings. The van der Waals surface area contributed by atoms with Crippen molar-refractivity contribution in [2.75, 3.05) is 0 Å². The first-order chi connectivity index (χ1) is 12.8. The maximum absolute atomic E-state index is 2.63. The average molecular weight is 361 g/mol. The smallest absolute Gasteiger partial charge is 0.0380 e. The van der Waals surface area contributed by atoms with Crippen LogP contribution in [0.3, 0.4) is 0 Å². The SMILES string of the molecule is CCC(CC(CC(C)C1CCCCC1)C1CCCCC1)C1CCCCC1. The zero-order valence-electron chi connectivity index (χ0n) is 18.2. The Morgan fingerprint density at radius 2 is 0.962 bits per heavy atom. The van der Waals surface area contributed by atoms with Crippen molar-refractivity contribution < 1.29 is 0 Å². The molecule has 0 spiro atoms. The molecule has 0 saturated heterocycles. The Bertz CT molecular complexity index is 354. The molecule has 0 aliphatic heterocycles. The van der Waals surface area contributed by atoms with Gasteiger partial charge in [0, 0.05) is 0 Å². The van der Waals surface area contributed by atoms with Crippen LogP contribution in [0.1, 0.15) is 129 Å². The minimum absolute atomic E-state index is 0.992. The zero-order chi connectivity index (χ0) is 18.2. The summed E-state index contributed by atoms with van der Waals surface area (Å²) in [6.45, 7) is 5.13. The quantitative estimate of drug-likeness (QED) is 0.405. The molecule has 0 bridgehead atoms. The topological polar surface area (TPSA) is 0 Å². The highest BCUT2D eigenvalue weighted by molar-refractivity contribution is 4.83. The summed E-state index contributed by atoms with van der Waals surface area (Å²) in [5.41, 5.74) is 0. The van der Waals surface area contributed by atoms with Gasteiger partial charge in [0.15, 0.2) is 0 Å². The van der Waals surface area contributed by atoms with Crippen LogP contribution >= 0.6 is 0 Å². The van der Waals surface area contributed by atoms with Gasteiger partial charge in [0.25, 0.3) is 0 Å². The van der Waals surface area contributed by atoms with Gasteiger partial charge in [0.1, 0.15) is 0 Å². The Labute approximate surface area is 165 Å². The second kappa shape index (κ2) is 11.1. The van der Waals surface area contributed by atoms with E-state index in [1.807, 2.05) is 0 Å². The second-order valence-corrected chi connectivity index (χ2v) is 10.6. The second-order valence-electron chi connectivity index (χ2n) is 10.6. The maximum Gasteiger partial charge on any atom is -0.0380 e. The first kappa shape index (κ1) is 20.7. The zero-order valence-corrected chi connectivity index (χ0v) is 18.2. The molecule has 3 atom stereocenters. The van der Waals surface area contributed by atoms with Gasteiger partial charge in [-0.2, -0.15) is 0 Å². The van der Waals surface area contributed by atoms with Crippen LogP contribution in [0.15, 0.2) is 0 Å². The molecule has 0 radical (unpaired) electrons. The van der Waals surface area contributed by atoms with Crippen molar-refractivity contribution in [2.24, 2.45) is 35.5 Å². The summed E-state index contributed by atoms with van der Waals surface area (Å²) in [6, 6.07) is 0. The summed E-state index contributed by atoms with van der Waals surface area (Å²) >= 11 is 0. The number of hydrogen-bond acceptors (Lipinski definition) is 0. The third kappa shape index (κ3) is 6.00. The lowest BCUT2D eigenvalue weighted by atomic mass is 9.67. The molecule has 0 aromatic rings. The van der Waals surface area contributed by atoms with Crippen LogP contribution in [0.25, 0.3) is 0 Å². The monoisotopic (exact) mass is 360 g/mol. The third-order valence-electron chi connectivity index (χ3n) is 8.89. The Morgan fingerprint density at radius 1 is 0.538 bits per heavy atom. The largest absolute Gasteiger partial charge is 0.0651 e. The van der Waals surface area contributed by atoms with Crippen LogP contribution in [-0.4, -0.2) is 0 Å². The highest BCUT2D eigenvalue weighted by atomic mass is 14.4. The Balaban J connectivity index is 1.61. The van der Waals surface area contributed by atoms with E-state index in [4.69, 9.17) is 0 Å². The Kier molecular flexibility index (Phi) is 8.86. The summed E-state index contributed by atoms with van der Waals surface area (Å²) in [4.78, 5) is 0. The van der Waals surface area contributed by atoms with E-state index in [1.54, 1.807) is 51.4 Å². The molecular weight excluding hydrogens is 312 g/mol. The van der Waals surface area contributed by atoms with Crippen molar-refractivity contribution in [1.29, 1.82) is 0 Å². The summed E-state index contributed by atoms with van der Waals surface area (Å²) in [5, 5.41) is 0. The van der Waals surface area contributed by atoms with Crippen molar-refractivity contribution in [3.05, 3.63) is 0 Å². The highest BCUT2D eigenvalue weighted by Gasteiger charge is 2.32. The molecule has 0 heteroatoms. The van der Waals surface area contributed by atoms with Gasteiger partial charge < -0.3 is 0 Å². The van der Waals surface area contributed by atoms with Gasteiger partial charge in [-0.1, -0.05) is 117 Å². The van der Waals surface area contributed by atoms with Gasteiger partial charge in [-0.15, -0.1) is 0 Å². The molecule has 0 aromatic heterocycles. The third-order valence-corrected chi connectivity index (χ3v) is 8.89. The fraction of sp³-hybridized carbons (Fsp3) is 1.00. The summed E-state index contributed by atoms with van der Waals surface area (Å²) in [6.07, 6.45) is 27.6. The first-order valence-electron chi connectivity index (χ1n) is 12.8. The van der Waals surface area contributed by atoms with Gasteiger partial charge in [0.05, 0.1) is 0 Å². The van der Waals surface area contributed by atoms with Gasteiger partial charge in [-0.25, -0.2) is 0 Å². The molecule has 0 heterocycles. The van der Waals surface area contributed by atoms with E-state index >= 15 is 0 Å². The van der Waals surface area contributed by atoms with Crippen LogP contribution in [0.5, 0.6) is 0 Å². The molecule has 0 aromatic carbocycles. The maximum atomic E-state index is 2.63. The van der Waals surface area contributed by atoms with Gasteiger partial charge >= 0.3 is 0 Å². The van der Waals surface area contributed by atoms with E-state index in [1.165, 1.54) is 64.2 Å². The minimum atomic E-state index is 0.992. The van der Waals surface area contributed by atoms with E-state index in [-0.39, 0.29) is 0 Å². The summed E-state index contributed by atoms with van der Waals surface area (Å²) in [7, 11) is 0. The lowest BCUT2D eigenvalue weighted by Crippen LogP contribution is -2.28. The molecule has 0 N–H and O–H groups in total. The lowest BCUT2D eigenvalue weighted by molar-refractivity contribution is 0.119. The highest BCUT2D eigenvalue weighted by Crippen LogP contribution is 2.44. The fourth-order valence-corrected chi connectivity index (χ4v) is 7.15. The van der Waals surface area contributed by atoms with Crippen LogP contribution in [0.4, 0.5) is 0 Å². The van der Waals surface area contributed by atoms with Crippen molar-refractivity contribution in [1.82, 2.24) is 0 Å². The Hall–Kier alpha value is 0. The van der Waals surface area contributed by atoms with E-state index in [9.17, 15) is 0 Å². The van der Waals surface area contributed by atoms with Crippen LogP contribution < -0.4 is 0 Å². The molecule has 3 aliphatic carbocycles. The molecule has 0 nitrogen and oxygen atoms in total. The van der Waals surface area contributed by atoms with Gasteiger partial charge in [-0.05, 0) is 48.3 Å². The molecule has 0 amide bonds. The van der Waals surface area contributed by atoms with E-state index in [0.717, 1.165) is 35.5 Å². The summed E-state index contributed by atoms with van der Waals surface area (Å²) in [5.74, 6) is 6.30. The standard InChI is InChI=1S/C26H48/c1-3-22(24-15-9-5-10-16-24)20-26(25-17-11-6-12-18-25)19-21(2)23-13-7-4-8-14-23/h21-26H,3-20H2,1-2H3. The Morgan fingerprint density at radius 3 is 1.42 bits per heavy atom. The predicted octanol–water partition coefficient (Wildman–Crippen LogP) is 8.79.